The van der Waals surface area contributed by atoms with Crippen molar-refractivity contribution >= 4 is 18.0 Å². The largest absolute Gasteiger partial charge is 0.481 e. The number of carbonyl (C=O) groups excluding carboxylic acids is 2. The summed E-state index contributed by atoms with van der Waals surface area (Å²) >= 11 is 0. The Morgan fingerprint density at radius 1 is 1.03 bits per heavy atom. The van der Waals surface area contributed by atoms with Crippen LogP contribution in [0.3, 0.4) is 0 Å². The maximum atomic E-state index is 13.3. The van der Waals surface area contributed by atoms with Gasteiger partial charge in [-0.15, -0.1) is 0 Å². The van der Waals surface area contributed by atoms with Gasteiger partial charge in [-0.1, -0.05) is 48.5 Å². The molecular formula is C26H26F2N2O5. The van der Waals surface area contributed by atoms with E-state index < -0.39 is 48.8 Å². The number of benzene rings is 2. The zero-order chi connectivity index (χ0) is 24.7. The Morgan fingerprint density at radius 3 is 2.23 bits per heavy atom. The summed E-state index contributed by atoms with van der Waals surface area (Å²) in [5, 5.41) is 11.8. The molecule has 9 heteroatoms. The fourth-order valence-corrected chi connectivity index (χ4v) is 5.96. The van der Waals surface area contributed by atoms with Gasteiger partial charge in [-0.3, -0.25) is 9.59 Å². The van der Waals surface area contributed by atoms with Crippen molar-refractivity contribution in [1.29, 1.82) is 0 Å². The molecule has 7 nitrogen and oxygen atoms in total. The molecule has 35 heavy (non-hydrogen) atoms. The van der Waals surface area contributed by atoms with Gasteiger partial charge >= 0.3 is 12.1 Å². The Labute approximate surface area is 201 Å². The number of amides is 2. The van der Waals surface area contributed by atoms with E-state index in [1.807, 2.05) is 48.5 Å². The third-order valence-electron chi connectivity index (χ3n) is 7.46. The van der Waals surface area contributed by atoms with Crippen LogP contribution >= 0.6 is 0 Å². The highest BCUT2D eigenvalue weighted by Gasteiger charge is 2.52. The third kappa shape index (κ3) is 4.24. The number of hydrogen-bond acceptors (Lipinski definition) is 4. The Hall–Kier alpha value is -3.49. The highest BCUT2D eigenvalue weighted by Crippen LogP contribution is 2.45. The second-order valence-corrected chi connectivity index (χ2v) is 9.37. The fourth-order valence-electron chi connectivity index (χ4n) is 5.96. The summed E-state index contributed by atoms with van der Waals surface area (Å²) in [5.74, 6) is -2.58. The number of ether oxygens (including phenoxy) is 1. The van der Waals surface area contributed by atoms with Crippen molar-refractivity contribution in [2.45, 2.75) is 56.2 Å². The standard InChI is InChI=1S/C26H26F2N2O5/c27-23(28)12-21(24(31)30-14-9-10-22(30)19(11-14)25(32)33)29-26(34)35-13-20-17-7-3-1-5-15(17)16-6-2-4-8-18(16)20/h1-8,14,19-23H,9-13H2,(H,29,34)(H,32,33)/t14-,19+,21?,22+/m0/s1. The Kier molecular flexibility index (Phi) is 6.17. The number of aliphatic carboxylic acids is 1. The van der Waals surface area contributed by atoms with E-state index in [1.54, 1.807) is 0 Å². The summed E-state index contributed by atoms with van der Waals surface area (Å²) in [6.07, 6.45) is -3.19. The first-order valence-corrected chi connectivity index (χ1v) is 11.8. The molecule has 4 atom stereocenters. The molecule has 0 radical (unpaired) electrons. The Balaban J connectivity index is 1.27. The van der Waals surface area contributed by atoms with Crippen molar-refractivity contribution < 1.29 is 33.0 Å². The van der Waals surface area contributed by atoms with Crippen molar-refractivity contribution in [1.82, 2.24) is 10.2 Å². The van der Waals surface area contributed by atoms with Gasteiger partial charge in [0.05, 0.1) is 5.92 Å². The summed E-state index contributed by atoms with van der Waals surface area (Å²) < 4.78 is 32.0. The summed E-state index contributed by atoms with van der Waals surface area (Å²) in [6, 6.07) is 13.3. The number of nitrogens with zero attached hydrogens (tertiary/aromatic N) is 1. The number of carboxylic acid groups (broad SMARTS) is 1. The quantitative estimate of drug-likeness (QED) is 0.619. The predicted molar refractivity (Wildman–Crippen MR) is 122 cm³/mol. The summed E-state index contributed by atoms with van der Waals surface area (Å²) in [4.78, 5) is 38.7. The average Bonchev–Trinajstić information content (AvgIpc) is 3.51. The minimum atomic E-state index is -2.83. The molecule has 1 unspecified atom stereocenters. The molecule has 2 heterocycles. The van der Waals surface area contributed by atoms with E-state index in [2.05, 4.69) is 5.32 Å². The van der Waals surface area contributed by atoms with Crippen molar-refractivity contribution in [2.24, 2.45) is 5.92 Å². The van der Waals surface area contributed by atoms with Gasteiger partial charge in [-0.05, 0) is 41.5 Å². The second kappa shape index (κ2) is 9.28. The number of hydrogen-bond donors (Lipinski definition) is 2. The third-order valence-corrected chi connectivity index (χ3v) is 7.46. The van der Waals surface area contributed by atoms with E-state index in [-0.39, 0.29) is 18.6 Å². The van der Waals surface area contributed by atoms with Crippen LogP contribution in [-0.4, -0.2) is 59.1 Å². The molecule has 184 valence electrons. The van der Waals surface area contributed by atoms with Gasteiger partial charge in [-0.2, -0.15) is 0 Å². The van der Waals surface area contributed by atoms with Crippen LogP contribution in [0.1, 0.15) is 42.7 Å². The number of nitrogens with one attached hydrogen (secondary N) is 1. The molecule has 3 aliphatic rings. The average molecular weight is 484 g/mol. The van der Waals surface area contributed by atoms with Gasteiger partial charge in [0.1, 0.15) is 12.6 Å². The smallest absolute Gasteiger partial charge is 0.407 e. The van der Waals surface area contributed by atoms with Gasteiger partial charge in [0.25, 0.3) is 0 Å². The monoisotopic (exact) mass is 484 g/mol. The number of halogens is 2. The van der Waals surface area contributed by atoms with Crippen LogP contribution in [0.15, 0.2) is 48.5 Å². The molecule has 2 fully saturated rings. The molecule has 2 aliphatic heterocycles. The Morgan fingerprint density at radius 2 is 1.66 bits per heavy atom. The molecule has 2 aromatic rings. The van der Waals surface area contributed by atoms with Crippen molar-refractivity contribution in [3.05, 3.63) is 59.7 Å². The molecule has 2 bridgehead atoms. The molecule has 0 aromatic heterocycles. The molecule has 5 rings (SSSR count). The Bertz CT molecular complexity index is 1110. The molecular weight excluding hydrogens is 458 g/mol. The number of rotatable bonds is 7. The van der Waals surface area contributed by atoms with Crippen LogP contribution in [0.4, 0.5) is 13.6 Å². The van der Waals surface area contributed by atoms with Gasteiger partial charge in [-0.25, -0.2) is 13.6 Å². The molecule has 2 N–H and O–H groups in total. The molecule has 2 saturated heterocycles. The first kappa shape index (κ1) is 23.3. The number of alkyl carbamates (subject to hydrolysis) is 1. The number of alkyl halides is 2. The lowest BCUT2D eigenvalue weighted by Gasteiger charge is -2.28. The maximum Gasteiger partial charge on any atom is 0.407 e. The summed E-state index contributed by atoms with van der Waals surface area (Å²) in [7, 11) is 0. The van der Waals surface area contributed by atoms with Crippen LogP contribution in [0, 0.1) is 5.92 Å². The minimum absolute atomic E-state index is 0.00843. The number of fused-ring (bicyclic) bond motifs is 5. The second-order valence-electron chi connectivity index (χ2n) is 9.37. The predicted octanol–water partition coefficient (Wildman–Crippen LogP) is 4.01. The molecule has 2 aromatic carbocycles. The topological polar surface area (TPSA) is 95.9 Å². The minimum Gasteiger partial charge on any atom is -0.481 e. The summed E-state index contributed by atoms with van der Waals surface area (Å²) in [5.41, 5.74) is 4.13. The van der Waals surface area contributed by atoms with Gasteiger partial charge in [0, 0.05) is 24.4 Å². The van der Waals surface area contributed by atoms with E-state index in [0.717, 1.165) is 22.3 Å². The van der Waals surface area contributed by atoms with E-state index in [4.69, 9.17) is 4.74 Å². The lowest BCUT2D eigenvalue weighted by molar-refractivity contribution is -0.143. The van der Waals surface area contributed by atoms with Crippen LogP contribution < -0.4 is 5.32 Å². The number of carboxylic acids is 1. The zero-order valence-corrected chi connectivity index (χ0v) is 18.9. The van der Waals surface area contributed by atoms with Crippen molar-refractivity contribution in [3.8, 4) is 11.1 Å². The van der Waals surface area contributed by atoms with Crippen LogP contribution in [0.5, 0.6) is 0 Å². The first-order valence-electron chi connectivity index (χ1n) is 11.8. The lowest BCUT2D eigenvalue weighted by atomic mass is 9.89. The van der Waals surface area contributed by atoms with E-state index in [0.29, 0.717) is 19.3 Å². The molecule has 0 spiro atoms. The maximum absolute atomic E-state index is 13.3. The van der Waals surface area contributed by atoms with Gasteiger partial charge < -0.3 is 20.1 Å². The SMILES string of the molecule is O=C(NC(CC(F)F)C(=O)N1[C@H]2CC[C@@H]1[C@H](C(=O)O)C2)OCC1c2ccccc2-c2ccccc21. The van der Waals surface area contributed by atoms with Crippen LogP contribution in [0.25, 0.3) is 11.1 Å². The van der Waals surface area contributed by atoms with E-state index >= 15 is 0 Å². The number of carbonyl (C=O) groups is 3. The van der Waals surface area contributed by atoms with Crippen molar-refractivity contribution in [2.75, 3.05) is 6.61 Å². The van der Waals surface area contributed by atoms with Crippen LogP contribution in [0.2, 0.25) is 0 Å². The molecule has 0 saturated carbocycles. The van der Waals surface area contributed by atoms with Gasteiger partial charge in [0.2, 0.25) is 12.3 Å². The first-order chi connectivity index (χ1) is 16.8. The molecule has 2 amide bonds. The van der Waals surface area contributed by atoms with E-state index in [9.17, 15) is 28.3 Å². The van der Waals surface area contributed by atoms with Crippen LogP contribution in [-0.2, 0) is 14.3 Å². The lowest BCUT2D eigenvalue weighted by Crippen LogP contribution is -2.51. The highest BCUT2D eigenvalue weighted by atomic mass is 19.3. The van der Waals surface area contributed by atoms with Crippen molar-refractivity contribution in [3.63, 3.8) is 0 Å². The normalized spacial score (nSPS) is 23.2. The van der Waals surface area contributed by atoms with Gasteiger partial charge in [0.15, 0.2) is 0 Å². The fraction of sp³-hybridized carbons (Fsp3) is 0.423. The molecule has 1 aliphatic carbocycles. The van der Waals surface area contributed by atoms with E-state index in [1.165, 1.54) is 4.90 Å². The summed E-state index contributed by atoms with van der Waals surface area (Å²) in [6.45, 7) is -0.00843. The zero-order valence-electron chi connectivity index (χ0n) is 18.9. The highest BCUT2D eigenvalue weighted by molar-refractivity contribution is 5.88.